The molecule has 4 heterocycles. The topological polar surface area (TPSA) is 111 Å². The van der Waals surface area contributed by atoms with Crippen LogP contribution in [0.4, 0.5) is 20.7 Å². The third-order valence-electron chi connectivity index (χ3n) is 6.19. The van der Waals surface area contributed by atoms with Crippen LogP contribution >= 0.6 is 11.6 Å². The number of aromatic nitrogens is 5. The van der Waals surface area contributed by atoms with E-state index in [0.717, 1.165) is 6.42 Å². The number of imidazole rings is 1. The van der Waals surface area contributed by atoms with Gasteiger partial charge in [0.2, 0.25) is 17.8 Å². The van der Waals surface area contributed by atoms with Gasteiger partial charge in [-0.3, -0.25) is 14.8 Å². The van der Waals surface area contributed by atoms with E-state index in [1.165, 1.54) is 11.7 Å². The maximum atomic E-state index is 14.2. The van der Waals surface area contributed by atoms with Gasteiger partial charge in [-0.2, -0.15) is 15.0 Å². The predicted octanol–water partition coefficient (Wildman–Crippen LogP) is 2.59. The molecule has 11 nitrogen and oxygen atoms in total. The summed E-state index contributed by atoms with van der Waals surface area (Å²) in [5, 5.41) is 1.73. The second-order valence-electron chi connectivity index (χ2n) is 8.36. The molecule has 3 aromatic rings. The van der Waals surface area contributed by atoms with E-state index in [2.05, 4.69) is 25.4 Å². The van der Waals surface area contributed by atoms with E-state index >= 15 is 0 Å². The number of Topliss-reactive ketones (excluding diaryl/α,β-unsaturated/α-hetero) is 1. The molecule has 192 valence electrons. The molecule has 0 amide bonds. The minimum absolute atomic E-state index is 0.0283. The standard InChI is InChI=1S/C22H25ClF2N8O3/c1-35-16-6-2-4-14-17(16)26-19(18(24)25)33(14)22-28-20(27-21(29-22)31-8-10-36-11-9-31)30-32-7-3-5-13(32)15(34)12-23/h2,4,6,13,18H,3,5,7-12H2,1H3,(H,27,28,29,30)/t13-/m0/s1. The zero-order valence-electron chi connectivity index (χ0n) is 19.5. The third-order valence-corrected chi connectivity index (χ3v) is 6.46. The van der Waals surface area contributed by atoms with Crippen molar-refractivity contribution in [3.05, 3.63) is 24.0 Å². The van der Waals surface area contributed by atoms with Gasteiger partial charge in [-0.1, -0.05) is 6.07 Å². The molecule has 0 radical (unpaired) electrons. The number of morpholine rings is 1. The fourth-order valence-corrected chi connectivity index (χ4v) is 4.65. The fourth-order valence-electron chi connectivity index (χ4n) is 4.47. The number of methoxy groups -OCH3 is 1. The highest BCUT2D eigenvalue weighted by Gasteiger charge is 2.32. The lowest BCUT2D eigenvalue weighted by Crippen LogP contribution is -2.42. The number of ketones is 1. The molecule has 2 aliphatic rings. The number of alkyl halides is 3. The van der Waals surface area contributed by atoms with E-state index in [4.69, 9.17) is 21.1 Å². The first kappa shape index (κ1) is 24.5. The Kier molecular flexibility index (Phi) is 7.12. The second kappa shape index (κ2) is 10.4. The number of nitrogens with one attached hydrogen (secondary N) is 1. The molecule has 14 heteroatoms. The summed E-state index contributed by atoms with van der Waals surface area (Å²) in [6, 6.07) is 4.56. The number of para-hydroxylation sites is 1. The zero-order chi connectivity index (χ0) is 25.2. The molecule has 5 rings (SSSR count). The van der Waals surface area contributed by atoms with Crippen LogP contribution < -0.4 is 15.1 Å². The summed E-state index contributed by atoms with van der Waals surface area (Å²) in [5.74, 6) is 0.0158. The van der Waals surface area contributed by atoms with Crippen molar-refractivity contribution >= 4 is 40.3 Å². The van der Waals surface area contributed by atoms with Gasteiger partial charge in [0.1, 0.15) is 11.3 Å². The summed E-state index contributed by atoms with van der Waals surface area (Å²) < 4.78 is 40.3. The Morgan fingerprint density at radius 3 is 2.69 bits per heavy atom. The van der Waals surface area contributed by atoms with Crippen LogP contribution in [0.2, 0.25) is 0 Å². The zero-order valence-corrected chi connectivity index (χ0v) is 20.3. The van der Waals surface area contributed by atoms with Crippen molar-refractivity contribution in [2.75, 3.05) is 56.2 Å². The molecule has 1 N–H and O–H groups in total. The number of benzene rings is 1. The Morgan fingerprint density at radius 1 is 1.19 bits per heavy atom. The van der Waals surface area contributed by atoms with Crippen LogP contribution in [-0.4, -0.2) is 87.2 Å². The molecule has 2 aliphatic heterocycles. The summed E-state index contributed by atoms with van der Waals surface area (Å²) in [4.78, 5) is 31.9. The van der Waals surface area contributed by atoms with Crippen LogP contribution in [0.5, 0.6) is 5.75 Å². The highest BCUT2D eigenvalue weighted by Crippen LogP contribution is 2.32. The number of hydrogen-bond donors (Lipinski definition) is 1. The van der Waals surface area contributed by atoms with Crippen LogP contribution in [0.1, 0.15) is 25.1 Å². The van der Waals surface area contributed by atoms with E-state index in [1.54, 1.807) is 23.2 Å². The number of carbonyl (C=O) groups excluding carboxylic acids is 1. The molecule has 1 atom stereocenters. The van der Waals surface area contributed by atoms with Crippen molar-refractivity contribution < 1.29 is 23.0 Å². The van der Waals surface area contributed by atoms with E-state index in [0.29, 0.717) is 56.5 Å². The van der Waals surface area contributed by atoms with Gasteiger partial charge in [-0.05, 0) is 25.0 Å². The number of hydrogen-bond acceptors (Lipinski definition) is 10. The first-order valence-corrected chi connectivity index (χ1v) is 12.1. The molecule has 2 fully saturated rings. The quantitative estimate of drug-likeness (QED) is 0.443. The highest BCUT2D eigenvalue weighted by atomic mass is 35.5. The summed E-state index contributed by atoms with van der Waals surface area (Å²) >= 11 is 5.79. The average Bonchev–Trinajstić information content (AvgIpc) is 3.53. The summed E-state index contributed by atoms with van der Waals surface area (Å²) in [7, 11) is 1.45. The Morgan fingerprint density at radius 2 is 1.97 bits per heavy atom. The van der Waals surface area contributed by atoms with Crippen LogP contribution in [0.25, 0.3) is 17.0 Å². The van der Waals surface area contributed by atoms with Crippen molar-refractivity contribution in [3.63, 3.8) is 0 Å². The van der Waals surface area contributed by atoms with Crippen LogP contribution in [0.3, 0.4) is 0 Å². The normalized spacial score (nSPS) is 18.8. The number of halogens is 3. The number of anilines is 2. The Labute approximate surface area is 210 Å². The molecule has 0 unspecified atom stereocenters. The fraction of sp³-hybridized carbons (Fsp3) is 0.500. The Bertz CT molecular complexity index is 1250. The molecular formula is C22H25ClF2N8O3. The minimum Gasteiger partial charge on any atom is -0.494 e. The molecule has 1 aromatic carbocycles. The van der Waals surface area contributed by atoms with Gasteiger partial charge in [0.15, 0.2) is 11.6 Å². The van der Waals surface area contributed by atoms with Gasteiger partial charge in [-0.25, -0.2) is 18.8 Å². The van der Waals surface area contributed by atoms with E-state index in [9.17, 15) is 13.6 Å². The predicted molar refractivity (Wildman–Crippen MR) is 128 cm³/mol. The smallest absolute Gasteiger partial charge is 0.296 e. The summed E-state index contributed by atoms with van der Waals surface area (Å²) in [5.41, 5.74) is 3.73. The van der Waals surface area contributed by atoms with Crippen molar-refractivity contribution in [3.8, 4) is 11.7 Å². The Balaban J connectivity index is 1.63. The van der Waals surface area contributed by atoms with Crippen LogP contribution in [-0.2, 0) is 9.53 Å². The number of carbonyl (C=O) groups is 1. The van der Waals surface area contributed by atoms with Crippen LogP contribution in [0, 0.1) is 0 Å². The van der Waals surface area contributed by atoms with Crippen molar-refractivity contribution in [2.24, 2.45) is 0 Å². The van der Waals surface area contributed by atoms with Gasteiger partial charge in [0.25, 0.3) is 6.43 Å². The molecular weight excluding hydrogens is 498 g/mol. The average molecular weight is 523 g/mol. The lowest BCUT2D eigenvalue weighted by atomic mass is 10.1. The van der Waals surface area contributed by atoms with E-state index < -0.39 is 18.3 Å². The largest absolute Gasteiger partial charge is 0.494 e. The van der Waals surface area contributed by atoms with Crippen LogP contribution in [0.15, 0.2) is 18.2 Å². The van der Waals surface area contributed by atoms with E-state index in [1.807, 2.05) is 4.90 Å². The summed E-state index contributed by atoms with van der Waals surface area (Å²) in [6.07, 6.45) is -1.46. The molecule has 2 saturated heterocycles. The van der Waals surface area contributed by atoms with Crippen molar-refractivity contribution in [1.29, 1.82) is 0 Å². The van der Waals surface area contributed by atoms with Gasteiger partial charge in [0.05, 0.1) is 37.8 Å². The van der Waals surface area contributed by atoms with Gasteiger partial charge < -0.3 is 14.4 Å². The maximum absolute atomic E-state index is 14.2. The molecule has 0 spiro atoms. The van der Waals surface area contributed by atoms with Gasteiger partial charge in [0, 0.05) is 19.6 Å². The first-order chi connectivity index (χ1) is 17.5. The molecule has 0 bridgehead atoms. The van der Waals surface area contributed by atoms with E-state index in [-0.39, 0.29) is 29.1 Å². The monoisotopic (exact) mass is 522 g/mol. The highest BCUT2D eigenvalue weighted by molar-refractivity contribution is 6.28. The number of rotatable bonds is 8. The maximum Gasteiger partial charge on any atom is 0.296 e. The summed E-state index contributed by atoms with van der Waals surface area (Å²) in [6.45, 7) is 2.60. The number of hydrazine groups is 1. The lowest BCUT2D eigenvalue weighted by Gasteiger charge is -2.28. The van der Waals surface area contributed by atoms with Gasteiger partial charge >= 0.3 is 0 Å². The van der Waals surface area contributed by atoms with Crippen molar-refractivity contribution in [1.82, 2.24) is 29.5 Å². The SMILES string of the molecule is COc1cccc2c1nc(C(F)F)n2-c1nc(NN2CCC[C@H]2C(=O)CCl)nc(N2CCOCC2)n1. The Hall–Kier alpha value is -3.16. The minimum atomic E-state index is -2.90. The molecule has 36 heavy (non-hydrogen) atoms. The number of fused-ring (bicyclic) bond motifs is 1. The lowest BCUT2D eigenvalue weighted by molar-refractivity contribution is -0.120. The molecule has 0 aliphatic carbocycles. The second-order valence-corrected chi connectivity index (χ2v) is 8.62. The first-order valence-electron chi connectivity index (χ1n) is 11.5. The van der Waals surface area contributed by atoms with Crippen molar-refractivity contribution in [2.45, 2.75) is 25.3 Å². The molecule has 0 saturated carbocycles. The molecule has 2 aromatic heterocycles. The van der Waals surface area contributed by atoms with Gasteiger partial charge in [-0.15, -0.1) is 11.6 Å². The number of nitrogens with zero attached hydrogens (tertiary/aromatic N) is 7. The third kappa shape index (κ3) is 4.65. The number of ether oxygens (including phenoxy) is 2.